The Morgan fingerprint density at radius 1 is 0.967 bits per heavy atom. The fourth-order valence-electron chi connectivity index (χ4n) is 3.02. The van der Waals surface area contributed by atoms with Crippen LogP contribution in [0.4, 0.5) is 23.7 Å². The van der Waals surface area contributed by atoms with Crippen LogP contribution in [0, 0.1) is 0 Å². The zero-order valence-corrected chi connectivity index (χ0v) is 16.9. The minimum atomic E-state index is -4.40. The van der Waals surface area contributed by atoms with E-state index in [-0.39, 0.29) is 18.6 Å². The summed E-state index contributed by atoms with van der Waals surface area (Å²) in [6.45, 7) is 2.02. The molecule has 0 spiro atoms. The molecule has 7 heteroatoms. The van der Waals surface area contributed by atoms with Crippen molar-refractivity contribution in [2.45, 2.75) is 25.7 Å². The molecule has 0 aliphatic carbocycles. The summed E-state index contributed by atoms with van der Waals surface area (Å²) in [4.78, 5) is 14.6. The van der Waals surface area contributed by atoms with Crippen molar-refractivity contribution in [3.05, 3.63) is 101 Å². The number of rotatable bonds is 5. The van der Waals surface area contributed by atoms with Gasteiger partial charge in [0.25, 0.3) is 0 Å². The topological polar surface area (TPSA) is 32.3 Å². The summed E-state index contributed by atoms with van der Waals surface area (Å²) in [7, 11) is 0. The second kappa shape index (κ2) is 9.22. The first-order valence-electron chi connectivity index (χ1n) is 9.28. The van der Waals surface area contributed by atoms with E-state index in [1.807, 2.05) is 37.3 Å². The summed E-state index contributed by atoms with van der Waals surface area (Å²) in [5.41, 5.74) is 1.36. The SMILES string of the molecule is CC(c1ccccc1)N(Cc1ccc(C(F)(F)F)cc1)C(=O)Nc1ccc(Cl)cc1. The average molecular weight is 433 g/mol. The van der Waals surface area contributed by atoms with Crippen LogP contribution in [0.25, 0.3) is 0 Å². The first kappa shape index (κ1) is 21.7. The molecule has 2 amide bonds. The zero-order chi connectivity index (χ0) is 21.7. The minimum Gasteiger partial charge on any atom is -0.313 e. The van der Waals surface area contributed by atoms with Gasteiger partial charge in [0.2, 0.25) is 0 Å². The molecule has 0 fully saturated rings. The Labute approximate surface area is 178 Å². The van der Waals surface area contributed by atoms with Gasteiger partial charge in [0, 0.05) is 17.3 Å². The minimum absolute atomic E-state index is 0.146. The number of benzene rings is 3. The van der Waals surface area contributed by atoms with Gasteiger partial charge in [-0.05, 0) is 54.4 Å². The third-order valence-corrected chi connectivity index (χ3v) is 4.99. The molecule has 1 N–H and O–H groups in total. The lowest BCUT2D eigenvalue weighted by atomic mass is 10.1. The second-order valence-corrected chi connectivity index (χ2v) is 7.28. The van der Waals surface area contributed by atoms with Crippen molar-refractivity contribution >= 4 is 23.3 Å². The van der Waals surface area contributed by atoms with Crippen molar-refractivity contribution in [1.29, 1.82) is 0 Å². The number of amides is 2. The maximum absolute atomic E-state index is 13.0. The van der Waals surface area contributed by atoms with Gasteiger partial charge in [-0.2, -0.15) is 13.2 Å². The molecule has 0 aromatic heterocycles. The molecule has 0 saturated carbocycles. The van der Waals surface area contributed by atoms with Crippen LogP contribution in [0.2, 0.25) is 5.02 Å². The molecule has 156 valence electrons. The van der Waals surface area contributed by atoms with Gasteiger partial charge in [0.15, 0.2) is 0 Å². The molecule has 3 nitrogen and oxygen atoms in total. The van der Waals surface area contributed by atoms with E-state index in [0.29, 0.717) is 16.3 Å². The number of hydrogen-bond donors (Lipinski definition) is 1. The van der Waals surface area contributed by atoms with Gasteiger partial charge in [-0.15, -0.1) is 0 Å². The van der Waals surface area contributed by atoms with E-state index in [0.717, 1.165) is 17.7 Å². The van der Waals surface area contributed by atoms with Gasteiger partial charge in [-0.3, -0.25) is 0 Å². The Hall–Kier alpha value is -2.99. The normalized spacial score (nSPS) is 12.3. The van der Waals surface area contributed by atoms with Crippen molar-refractivity contribution in [3.63, 3.8) is 0 Å². The van der Waals surface area contributed by atoms with Crippen molar-refractivity contribution in [2.75, 3.05) is 5.32 Å². The smallest absolute Gasteiger partial charge is 0.313 e. The van der Waals surface area contributed by atoms with Crippen molar-refractivity contribution in [3.8, 4) is 0 Å². The summed E-state index contributed by atoms with van der Waals surface area (Å²) >= 11 is 5.89. The Morgan fingerprint density at radius 2 is 1.57 bits per heavy atom. The Bertz CT molecular complexity index is 974. The van der Waals surface area contributed by atoms with E-state index in [1.54, 1.807) is 29.2 Å². The largest absolute Gasteiger partial charge is 0.416 e. The molecule has 0 radical (unpaired) electrons. The third-order valence-electron chi connectivity index (χ3n) is 4.74. The predicted molar refractivity (Wildman–Crippen MR) is 112 cm³/mol. The van der Waals surface area contributed by atoms with E-state index in [2.05, 4.69) is 5.32 Å². The Morgan fingerprint density at radius 3 is 2.13 bits per heavy atom. The van der Waals surface area contributed by atoms with Crippen LogP contribution in [0.3, 0.4) is 0 Å². The van der Waals surface area contributed by atoms with Crippen LogP contribution >= 0.6 is 11.6 Å². The van der Waals surface area contributed by atoms with Crippen LogP contribution in [-0.2, 0) is 12.7 Å². The molecule has 1 atom stereocenters. The second-order valence-electron chi connectivity index (χ2n) is 6.85. The van der Waals surface area contributed by atoms with Crippen LogP contribution in [0.5, 0.6) is 0 Å². The first-order valence-corrected chi connectivity index (χ1v) is 9.66. The van der Waals surface area contributed by atoms with Gasteiger partial charge in [0.05, 0.1) is 11.6 Å². The van der Waals surface area contributed by atoms with Crippen LogP contribution in [0.1, 0.15) is 29.7 Å². The van der Waals surface area contributed by atoms with Crippen LogP contribution in [0.15, 0.2) is 78.9 Å². The number of urea groups is 1. The number of carbonyl (C=O) groups is 1. The number of nitrogens with one attached hydrogen (secondary N) is 1. The lowest BCUT2D eigenvalue weighted by Gasteiger charge is -2.30. The van der Waals surface area contributed by atoms with E-state index in [1.165, 1.54) is 12.1 Å². The summed E-state index contributed by atoms with van der Waals surface area (Å²) in [6.07, 6.45) is -4.40. The number of carbonyl (C=O) groups excluding carboxylic acids is 1. The number of anilines is 1. The summed E-state index contributed by atoms with van der Waals surface area (Å²) < 4.78 is 38.5. The highest BCUT2D eigenvalue weighted by atomic mass is 35.5. The Kier molecular flexibility index (Phi) is 6.67. The average Bonchev–Trinajstić information content (AvgIpc) is 2.73. The molecule has 0 saturated heterocycles. The fraction of sp³-hybridized carbons (Fsp3) is 0.174. The lowest BCUT2D eigenvalue weighted by Crippen LogP contribution is -2.36. The molecule has 0 aliphatic rings. The van der Waals surface area contributed by atoms with E-state index >= 15 is 0 Å². The maximum Gasteiger partial charge on any atom is 0.416 e. The van der Waals surface area contributed by atoms with Crippen molar-refractivity contribution < 1.29 is 18.0 Å². The third kappa shape index (κ3) is 5.54. The van der Waals surface area contributed by atoms with Gasteiger partial charge in [-0.1, -0.05) is 54.1 Å². The molecule has 0 heterocycles. The van der Waals surface area contributed by atoms with Gasteiger partial charge in [-0.25, -0.2) is 4.79 Å². The summed E-state index contributed by atoms with van der Waals surface area (Å²) in [5, 5.41) is 3.37. The molecule has 1 unspecified atom stereocenters. The highest BCUT2D eigenvalue weighted by Gasteiger charge is 2.30. The monoisotopic (exact) mass is 432 g/mol. The van der Waals surface area contributed by atoms with Gasteiger partial charge >= 0.3 is 12.2 Å². The van der Waals surface area contributed by atoms with E-state index in [4.69, 9.17) is 11.6 Å². The fourth-order valence-corrected chi connectivity index (χ4v) is 3.15. The maximum atomic E-state index is 13.0. The lowest BCUT2D eigenvalue weighted by molar-refractivity contribution is -0.137. The molecule has 3 aromatic carbocycles. The van der Waals surface area contributed by atoms with Gasteiger partial charge < -0.3 is 10.2 Å². The molecule has 30 heavy (non-hydrogen) atoms. The number of hydrogen-bond acceptors (Lipinski definition) is 1. The highest BCUT2D eigenvalue weighted by Crippen LogP contribution is 2.30. The first-order chi connectivity index (χ1) is 14.2. The standard InChI is InChI=1S/C23H20ClF3N2O/c1-16(18-5-3-2-4-6-18)29(22(30)28-21-13-11-20(24)12-14-21)15-17-7-9-19(10-8-17)23(25,26)27/h2-14,16H,15H2,1H3,(H,28,30). The van der Waals surface area contributed by atoms with Gasteiger partial charge in [0.1, 0.15) is 0 Å². The molecule has 0 bridgehead atoms. The number of halogens is 4. The number of nitrogens with zero attached hydrogens (tertiary/aromatic N) is 1. The molecule has 3 aromatic rings. The molecular weight excluding hydrogens is 413 g/mol. The highest BCUT2D eigenvalue weighted by molar-refractivity contribution is 6.30. The molecule has 0 aliphatic heterocycles. The zero-order valence-electron chi connectivity index (χ0n) is 16.2. The van der Waals surface area contributed by atoms with Crippen LogP contribution < -0.4 is 5.32 Å². The predicted octanol–water partition coefficient (Wildman–Crippen LogP) is 7.15. The van der Waals surface area contributed by atoms with Crippen molar-refractivity contribution in [1.82, 2.24) is 4.90 Å². The number of alkyl halides is 3. The Balaban J connectivity index is 1.85. The van der Waals surface area contributed by atoms with E-state index < -0.39 is 11.7 Å². The van der Waals surface area contributed by atoms with Crippen molar-refractivity contribution in [2.24, 2.45) is 0 Å². The van der Waals surface area contributed by atoms with Crippen LogP contribution in [-0.4, -0.2) is 10.9 Å². The quantitative estimate of drug-likeness (QED) is 0.456. The summed E-state index contributed by atoms with van der Waals surface area (Å²) in [5.74, 6) is 0. The molecular formula is C23H20ClF3N2O. The summed E-state index contributed by atoms with van der Waals surface area (Å²) in [6, 6.07) is 20.3. The van der Waals surface area contributed by atoms with E-state index in [9.17, 15) is 18.0 Å². The molecule has 3 rings (SSSR count).